The van der Waals surface area contributed by atoms with Crippen LogP contribution in [0, 0.1) is 5.41 Å². The molecule has 0 radical (unpaired) electrons. The van der Waals surface area contributed by atoms with Gasteiger partial charge in [0.25, 0.3) is 0 Å². The van der Waals surface area contributed by atoms with E-state index in [1.165, 1.54) is 0 Å². The molecular weight excluding hydrogens is 192 g/mol. The van der Waals surface area contributed by atoms with Gasteiger partial charge in [0.2, 0.25) is 0 Å². The van der Waals surface area contributed by atoms with Crippen molar-refractivity contribution >= 4 is 0 Å². The highest BCUT2D eigenvalue weighted by molar-refractivity contribution is 4.93. The highest BCUT2D eigenvalue weighted by Crippen LogP contribution is 2.27. The van der Waals surface area contributed by atoms with Crippen LogP contribution in [0.4, 0.5) is 0 Å². The molecule has 2 heterocycles. The number of ether oxygens (including phenoxy) is 1. The van der Waals surface area contributed by atoms with Gasteiger partial charge in [0, 0.05) is 18.2 Å². The van der Waals surface area contributed by atoms with Crippen LogP contribution >= 0.6 is 0 Å². The van der Waals surface area contributed by atoms with Crippen molar-refractivity contribution in [1.82, 2.24) is 20.3 Å². The van der Waals surface area contributed by atoms with Crippen molar-refractivity contribution < 1.29 is 4.74 Å². The first kappa shape index (κ1) is 10.6. The van der Waals surface area contributed by atoms with Crippen LogP contribution in [0.5, 0.6) is 0 Å². The second-order valence-corrected chi connectivity index (χ2v) is 4.49. The van der Waals surface area contributed by atoms with Gasteiger partial charge >= 0.3 is 0 Å². The zero-order chi connectivity index (χ0) is 10.7. The highest BCUT2D eigenvalue weighted by Gasteiger charge is 2.34. The fourth-order valence-corrected chi connectivity index (χ4v) is 1.68. The van der Waals surface area contributed by atoms with Gasteiger partial charge in [-0.2, -0.15) is 0 Å². The van der Waals surface area contributed by atoms with E-state index in [9.17, 15) is 0 Å². The summed E-state index contributed by atoms with van der Waals surface area (Å²) in [7, 11) is 0. The van der Waals surface area contributed by atoms with E-state index in [2.05, 4.69) is 29.5 Å². The molecule has 0 spiro atoms. The zero-order valence-electron chi connectivity index (χ0n) is 9.36. The Bertz CT molecular complexity index is 319. The van der Waals surface area contributed by atoms with E-state index in [-0.39, 0.29) is 5.41 Å². The third-order valence-corrected chi connectivity index (χ3v) is 2.59. The molecule has 5 nitrogen and oxygen atoms in total. The number of hydrogen-bond donors (Lipinski definition) is 1. The lowest BCUT2D eigenvalue weighted by molar-refractivity contribution is -0.111. The van der Waals surface area contributed by atoms with E-state index < -0.39 is 0 Å². The molecule has 1 aliphatic heterocycles. The Balaban J connectivity index is 1.89. The molecule has 84 valence electrons. The van der Waals surface area contributed by atoms with Crippen molar-refractivity contribution in [2.24, 2.45) is 5.41 Å². The molecule has 5 heteroatoms. The van der Waals surface area contributed by atoms with Crippen LogP contribution in [-0.4, -0.2) is 34.8 Å². The van der Waals surface area contributed by atoms with Gasteiger partial charge in [0.05, 0.1) is 25.5 Å². The fourth-order valence-electron chi connectivity index (χ4n) is 1.68. The summed E-state index contributed by atoms with van der Waals surface area (Å²) in [6.45, 7) is 8.60. The summed E-state index contributed by atoms with van der Waals surface area (Å²) >= 11 is 0. The molecule has 2 rings (SSSR count). The van der Waals surface area contributed by atoms with E-state index >= 15 is 0 Å². The van der Waals surface area contributed by atoms with Crippen molar-refractivity contribution in [3.63, 3.8) is 0 Å². The van der Waals surface area contributed by atoms with E-state index in [1.807, 2.05) is 10.9 Å². The Kier molecular flexibility index (Phi) is 3.02. The zero-order valence-corrected chi connectivity index (χ0v) is 9.36. The Hall–Kier alpha value is -0.940. The Morgan fingerprint density at radius 1 is 1.60 bits per heavy atom. The van der Waals surface area contributed by atoms with Crippen LogP contribution in [0.1, 0.15) is 19.5 Å². The summed E-state index contributed by atoms with van der Waals surface area (Å²) in [5.41, 5.74) is 1.25. The molecule has 1 N–H and O–H groups in total. The second kappa shape index (κ2) is 4.28. The molecule has 0 amide bonds. The van der Waals surface area contributed by atoms with Gasteiger partial charge in [-0.1, -0.05) is 19.1 Å². The first-order chi connectivity index (χ1) is 7.22. The standard InChI is InChI=1S/C10H18N4O/c1-3-11-4-9-5-14(13-12-9)6-10(2)7-15-8-10/h5,11H,3-4,6-8H2,1-2H3. The summed E-state index contributed by atoms with van der Waals surface area (Å²) in [4.78, 5) is 0. The summed E-state index contributed by atoms with van der Waals surface area (Å²) in [5, 5.41) is 11.4. The summed E-state index contributed by atoms with van der Waals surface area (Å²) in [5.74, 6) is 0. The smallest absolute Gasteiger partial charge is 0.0964 e. The van der Waals surface area contributed by atoms with Crippen molar-refractivity contribution in [3.8, 4) is 0 Å². The first-order valence-corrected chi connectivity index (χ1v) is 5.39. The van der Waals surface area contributed by atoms with Gasteiger partial charge in [-0.25, -0.2) is 0 Å². The van der Waals surface area contributed by atoms with E-state index in [4.69, 9.17) is 4.74 Å². The minimum absolute atomic E-state index is 0.253. The molecule has 1 aliphatic rings. The fraction of sp³-hybridized carbons (Fsp3) is 0.800. The van der Waals surface area contributed by atoms with Crippen molar-refractivity contribution in [3.05, 3.63) is 11.9 Å². The monoisotopic (exact) mass is 210 g/mol. The van der Waals surface area contributed by atoms with Gasteiger partial charge in [0.1, 0.15) is 0 Å². The second-order valence-electron chi connectivity index (χ2n) is 4.49. The van der Waals surface area contributed by atoms with Crippen LogP contribution < -0.4 is 5.32 Å². The largest absolute Gasteiger partial charge is 0.380 e. The Morgan fingerprint density at radius 3 is 3.00 bits per heavy atom. The molecule has 1 saturated heterocycles. The van der Waals surface area contributed by atoms with E-state index in [0.29, 0.717) is 0 Å². The normalized spacial score (nSPS) is 18.8. The number of rotatable bonds is 5. The predicted octanol–water partition coefficient (Wildman–Crippen LogP) is 0.424. The van der Waals surface area contributed by atoms with E-state index in [1.54, 1.807) is 0 Å². The molecule has 15 heavy (non-hydrogen) atoms. The lowest BCUT2D eigenvalue weighted by atomic mass is 9.89. The van der Waals surface area contributed by atoms with Gasteiger partial charge in [0.15, 0.2) is 0 Å². The Labute approximate surface area is 89.8 Å². The maximum Gasteiger partial charge on any atom is 0.0964 e. The molecule has 0 bridgehead atoms. The van der Waals surface area contributed by atoms with Crippen LogP contribution in [0.15, 0.2) is 6.20 Å². The van der Waals surface area contributed by atoms with Gasteiger partial charge in [-0.15, -0.1) is 5.10 Å². The van der Waals surface area contributed by atoms with Crippen LogP contribution in [-0.2, 0) is 17.8 Å². The van der Waals surface area contributed by atoms with Crippen LogP contribution in [0.3, 0.4) is 0 Å². The van der Waals surface area contributed by atoms with Crippen molar-refractivity contribution in [2.45, 2.75) is 26.9 Å². The molecule has 0 saturated carbocycles. The Morgan fingerprint density at radius 2 is 2.40 bits per heavy atom. The minimum atomic E-state index is 0.253. The topological polar surface area (TPSA) is 52.0 Å². The summed E-state index contributed by atoms with van der Waals surface area (Å²) in [6, 6.07) is 0. The number of aromatic nitrogens is 3. The average molecular weight is 210 g/mol. The summed E-state index contributed by atoms with van der Waals surface area (Å²) in [6.07, 6.45) is 2.01. The number of hydrogen-bond acceptors (Lipinski definition) is 4. The lowest BCUT2D eigenvalue weighted by Crippen LogP contribution is -2.43. The third-order valence-electron chi connectivity index (χ3n) is 2.59. The van der Waals surface area contributed by atoms with Crippen LogP contribution in [0.2, 0.25) is 0 Å². The summed E-state index contributed by atoms with van der Waals surface area (Å²) < 4.78 is 7.12. The molecule has 1 aromatic heterocycles. The maximum absolute atomic E-state index is 5.21. The SMILES string of the molecule is CCNCc1cn(CC2(C)COC2)nn1. The molecule has 0 atom stereocenters. The number of nitrogens with zero attached hydrogens (tertiary/aromatic N) is 3. The molecular formula is C10H18N4O. The minimum Gasteiger partial charge on any atom is -0.380 e. The predicted molar refractivity (Wildman–Crippen MR) is 56.3 cm³/mol. The molecule has 1 aromatic rings. The molecule has 0 unspecified atom stereocenters. The maximum atomic E-state index is 5.21. The van der Waals surface area contributed by atoms with Gasteiger partial charge in [-0.3, -0.25) is 4.68 Å². The average Bonchev–Trinajstić information content (AvgIpc) is 2.60. The molecule has 0 aliphatic carbocycles. The lowest BCUT2D eigenvalue weighted by Gasteiger charge is -2.37. The van der Waals surface area contributed by atoms with Gasteiger partial charge in [-0.05, 0) is 6.54 Å². The van der Waals surface area contributed by atoms with E-state index in [0.717, 1.165) is 38.5 Å². The van der Waals surface area contributed by atoms with Crippen LogP contribution in [0.25, 0.3) is 0 Å². The molecule has 0 aromatic carbocycles. The number of nitrogens with one attached hydrogen (secondary N) is 1. The van der Waals surface area contributed by atoms with Crippen molar-refractivity contribution in [1.29, 1.82) is 0 Å². The molecule has 1 fully saturated rings. The van der Waals surface area contributed by atoms with Gasteiger partial charge < -0.3 is 10.1 Å². The van der Waals surface area contributed by atoms with Crippen molar-refractivity contribution in [2.75, 3.05) is 19.8 Å². The highest BCUT2D eigenvalue weighted by atomic mass is 16.5. The first-order valence-electron chi connectivity index (χ1n) is 5.39. The third kappa shape index (κ3) is 2.54. The quantitative estimate of drug-likeness (QED) is 0.765.